The summed E-state index contributed by atoms with van der Waals surface area (Å²) in [4.78, 5) is 14.8. The van der Waals surface area contributed by atoms with Crippen LogP contribution in [0.15, 0.2) is 0 Å². The lowest BCUT2D eigenvalue weighted by Crippen LogP contribution is -2.46. The van der Waals surface area contributed by atoms with Crippen LogP contribution in [-0.4, -0.2) is 29.1 Å². The van der Waals surface area contributed by atoms with Gasteiger partial charge in [-0.3, -0.25) is 10.1 Å². The topological polar surface area (TPSA) is 32.3 Å². The van der Waals surface area contributed by atoms with E-state index in [1.54, 1.807) is 0 Å². The summed E-state index contributed by atoms with van der Waals surface area (Å²) in [7, 11) is 0. The number of carbonyl (C=O) groups is 1. The van der Waals surface area contributed by atoms with Gasteiger partial charge in [0.2, 0.25) is 5.91 Å². The predicted molar refractivity (Wildman–Crippen MR) is 78.7 cm³/mol. The lowest BCUT2D eigenvalue weighted by molar-refractivity contribution is -0.133. The molecule has 1 heterocycles. The summed E-state index contributed by atoms with van der Waals surface area (Å²) in [6.45, 7) is 11.2. The van der Waals surface area contributed by atoms with Gasteiger partial charge in [0.25, 0.3) is 0 Å². The van der Waals surface area contributed by atoms with Crippen LogP contribution in [0.4, 0.5) is 0 Å². The van der Waals surface area contributed by atoms with E-state index in [0.717, 1.165) is 18.3 Å². The van der Waals surface area contributed by atoms with Crippen LogP contribution in [0.2, 0.25) is 0 Å². The molecule has 19 heavy (non-hydrogen) atoms. The van der Waals surface area contributed by atoms with Gasteiger partial charge in [-0.1, -0.05) is 27.7 Å². The van der Waals surface area contributed by atoms with E-state index < -0.39 is 0 Å². The number of hydrogen-bond donors (Lipinski definition) is 1. The lowest BCUT2D eigenvalue weighted by atomic mass is 9.79. The summed E-state index contributed by atoms with van der Waals surface area (Å²) in [6, 6.07) is 0.494. The fraction of sp³-hybridized carbons (Fsp3) is 0.938. The molecule has 0 radical (unpaired) electrons. The Morgan fingerprint density at radius 1 is 1.16 bits per heavy atom. The highest BCUT2D eigenvalue weighted by molar-refractivity contribution is 5.84. The van der Waals surface area contributed by atoms with E-state index in [1.165, 1.54) is 19.3 Å². The van der Waals surface area contributed by atoms with E-state index in [0.29, 0.717) is 17.9 Å². The maximum Gasteiger partial charge on any atom is 0.241 e. The standard InChI is InChI=1S/C16H30N2O/c1-10(2)6-15-16(19)18(13(5)17-15)14-8-11(3)7-12(4)9-14/h10-15,17H,6-9H2,1-5H3. The number of carbonyl (C=O) groups excluding carboxylic acids is 1. The molecule has 110 valence electrons. The van der Waals surface area contributed by atoms with Gasteiger partial charge in [-0.25, -0.2) is 0 Å². The van der Waals surface area contributed by atoms with Crippen LogP contribution < -0.4 is 5.32 Å². The van der Waals surface area contributed by atoms with Crippen molar-refractivity contribution >= 4 is 5.91 Å². The maximum absolute atomic E-state index is 12.6. The van der Waals surface area contributed by atoms with Crippen molar-refractivity contribution in [1.82, 2.24) is 10.2 Å². The van der Waals surface area contributed by atoms with Gasteiger partial charge in [-0.05, 0) is 50.4 Å². The average Bonchev–Trinajstić information content (AvgIpc) is 2.51. The van der Waals surface area contributed by atoms with Gasteiger partial charge in [0.1, 0.15) is 0 Å². The first-order valence-electron chi connectivity index (χ1n) is 7.96. The third kappa shape index (κ3) is 3.31. The molecule has 1 saturated carbocycles. The van der Waals surface area contributed by atoms with Gasteiger partial charge in [-0.15, -0.1) is 0 Å². The highest BCUT2D eigenvalue weighted by Crippen LogP contribution is 2.34. The molecule has 0 aromatic rings. The van der Waals surface area contributed by atoms with Gasteiger partial charge in [-0.2, -0.15) is 0 Å². The quantitative estimate of drug-likeness (QED) is 0.851. The fourth-order valence-corrected chi connectivity index (χ4v) is 4.08. The normalized spacial score (nSPS) is 40.2. The molecule has 2 rings (SSSR count). The molecule has 1 N–H and O–H groups in total. The molecular weight excluding hydrogens is 236 g/mol. The van der Waals surface area contributed by atoms with Crippen LogP contribution in [0.3, 0.4) is 0 Å². The van der Waals surface area contributed by atoms with Crippen molar-refractivity contribution in [3.05, 3.63) is 0 Å². The van der Waals surface area contributed by atoms with Crippen LogP contribution in [0, 0.1) is 17.8 Å². The van der Waals surface area contributed by atoms with Crippen LogP contribution in [0.1, 0.15) is 60.3 Å². The molecule has 0 aromatic heterocycles. The monoisotopic (exact) mass is 266 g/mol. The molecule has 0 bridgehead atoms. The molecule has 3 heteroatoms. The molecule has 1 saturated heterocycles. The maximum atomic E-state index is 12.6. The van der Waals surface area contributed by atoms with Crippen molar-refractivity contribution in [3.63, 3.8) is 0 Å². The zero-order valence-electron chi connectivity index (χ0n) is 13.1. The van der Waals surface area contributed by atoms with E-state index in [1.807, 2.05) is 0 Å². The van der Waals surface area contributed by atoms with Crippen LogP contribution >= 0.6 is 0 Å². The van der Waals surface area contributed by atoms with Crippen molar-refractivity contribution < 1.29 is 4.79 Å². The Morgan fingerprint density at radius 3 is 2.26 bits per heavy atom. The molecule has 4 unspecified atom stereocenters. The third-order valence-electron chi connectivity index (χ3n) is 4.67. The van der Waals surface area contributed by atoms with Gasteiger partial charge in [0.05, 0.1) is 12.2 Å². The molecule has 1 amide bonds. The van der Waals surface area contributed by atoms with Crippen LogP contribution in [0.5, 0.6) is 0 Å². The highest BCUT2D eigenvalue weighted by atomic mass is 16.2. The summed E-state index contributed by atoms with van der Waals surface area (Å²) in [6.07, 6.45) is 4.83. The van der Waals surface area contributed by atoms with E-state index in [2.05, 4.69) is 44.8 Å². The molecule has 0 aromatic carbocycles. The molecule has 2 aliphatic rings. The summed E-state index contributed by atoms with van der Waals surface area (Å²) in [5, 5.41) is 3.49. The summed E-state index contributed by atoms with van der Waals surface area (Å²) < 4.78 is 0. The van der Waals surface area contributed by atoms with Crippen LogP contribution in [-0.2, 0) is 4.79 Å². The van der Waals surface area contributed by atoms with E-state index in [9.17, 15) is 4.79 Å². The van der Waals surface area contributed by atoms with Crippen molar-refractivity contribution in [3.8, 4) is 0 Å². The number of nitrogens with zero attached hydrogens (tertiary/aromatic N) is 1. The van der Waals surface area contributed by atoms with Crippen molar-refractivity contribution in [2.45, 2.75) is 78.6 Å². The number of hydrogen-bond acceptors (Lipinski definition) is 2. The number of nitrogens with one attached hydrogen (secondary N) is 1. The van der Waals surface area contributed by atoms with E-state index in [-0.39, 0.29) is 12.2 Å². The summed E-state index contributed by atoms with van der Waals surface area (Å²) >= 11 is 0. The Labute approximate surface area is 118 Å². The second-order valence-electron chi connectivity index (χ2n) is 7.34. The SMILES string of the molecule is CC(C)CC1NC(C)N(C2CC(C)CC(C)C2)C1=O. The van der Waals surface area contributed by atoms with Gasteiger partial charge in [0, 0.05) is 6.04 Å². The first kappa shape index (κ1) is 14.8. The zero-order chi connectivity index (χ0) is 14.2. The highest BCUT2D eigenvalue weighted by Gasteiger charge is 2.42. The third-order valence-corrected chi connectivity index (χ3v) is 4.67. The predicted octanol–water partition coefficient (Wildman–Crippen LogP) is 3.00. The van der Waals surface area contributed by atoms with Gasteiger partial charge < -0.3 is 4.90 Å². The van der Waals surface area contributed by atoms with Gasteiger partial charge >= 0.3 is 0 Å². The second kappa shape index (κ2) is 5.82. The van der Waals surface area contributed by atoms with Crippen molar-refractivity contribution in [2.75, 3.05) is 0 Å². The molecule has 0 spiro atoms. The van der Waals surface area contributed by atoms with E-state index >= 15 is 0 Å². The fourth-order valence-electron chi connectivity index (χ4n) is 4.08. The van der Waals surface area contributed by atoms with Crippen LogP contribution in [0.25, 0.3) is 0 Å². The zero-order valence-corrected chi connectivity index (χ0v) is 13.1. The molecule has 4 atom stereocenters. The van der Waals surface area contributed by atoms with Crippen molar-refractivity contribution in [2.24, 2.45) is 17.8 Å². The lowest BCUT2D eigenvalue weighted by Gasteiger charge is -2.39. The summed E-state index contributed by atoms with van der Waals surface area (Å²) in [5.74, 6) is 2.40. The number of rotatable bonds is 3. The minimum absolute atomic E-state index is 0.0440. The Bertz CT molecular complexity index is 319. The summed E-state index contributed by atoms with van der Waals surface area (Å²) in [5.41, 5.74) is 0. The Hall–Kier alpha value is -0.570. The minimum Gasteiger partial charge on any atom is -0.323 e. The minimum atomic E-state index is 0.0440. The Balaban J connectivity index is 2.05. The Morgan fingerprint density at radius 2 is 1.74 bits per heavy atom. The molecular formula is C16H30N2O. The smallest absolute Gasteiger partial charge is 0.241 e. The van der Waals surface area contributed by atoms with E-state index in [4.69, 9.17) is 0 Å². The first-order chi connectivity index (χ1) is 8.88. The first-order valence-corrected chi connectivity index (χ1v) is 7.96. The van der Waals surface area contributed by atoms with Gasteiger partial charge in [0.15, 0.2) is 0 Å². The molecule has 3 nitrogen and oxygen atoms in total. The number of amides is 1. The Kier molecular flexibility index (Phi) is 4.54. The second-order valence-corrected chi connectivity index (χ2v) is 7.34. The molecule has 1 aliphatic carbocycles. The largest absolute Gasteiger partial charge is 0.323 e. The molecule has 2 fully saturated rings. The van der Waals surface area contributed by atoms with Crippen molar-refractivity contribution in [1.29, 1.82) is 0 Å². The average molecular weight is 266 g/mol. The molecule has 1 aliphatic heterocycles.